The van der Waals surface area contributed by atoms with Crippen molar-refractivity contribution in [3.05, 3.63) is 35.4 Å². The number of hydrogen-bond donors (Lipinski definition) is 1. The van der Waals surface area contributed by atoms with Gasteiger partial charge in [-0.1, -0.05) is 6.92 Å². The predicted molar refractivity (Wildman–Crippen MR) is 76.1 cm³/mol. The van der Waals surface area contributed by atoms with Gasteiger partial charge < -0.3 is 5.32 Å². The van der Waals surface area contributed by atoms with Crippen molar-refractivity contribution in [3.8, 4) is 0 Å². The van der Waals surface area contributed by atoms with Crippen LogP contribution in [0.4, 0.5) is 0 Å². The van der Waals surface area contributed by atoms with Gasteiger partial charge in [0.05, 0.1) is 24.1 Å². The van der Waals surface area contributed by atoms with Gasteiger partial charge in [0.25, 0.3) is 0 Å². The number of nitrogens with zero attached hydrogens (tertiary/aromatic N) is 4. The third kappa shape index (κ3) is 3.04. The zero-order chi connectivity index (χ0) is 13.8. The van der Waals surface area contributed by atoms with Gasteiger partial charge in [0.2, 0.25) is 0 Å². The van der Waals surface area contributed by atoms with Gasteiger partial charge in [-0.3, -0.25) is 9.36 Å². The highest BCUT2D eigenvalue weighted by molar-refractivity contribution is 5.13. The van der Waals surface area contributed by atoms with E-state index in [9.17, 15) is 0 Å². The highest BCUT2D eigenvalue weighted by atomic mass is 15.3. The first kappa shape index (κ1) is 13.8. The van der Waals surface area contributed by atoms with Crippen molar-refractivity contribution >= 4 is 0 Å². The fourth-order valence-corrected chi connectivity index (χ4v) is 2.11. The maximum Gasteiger partial charge on any atom is 0.0828 e. The molecule has 0 aliphatic carbocycles. The Morgan fingerprint density at radius 3 is 2.79 bits per heavy atom. The Labute approximate surface area is 114 Å². The lowest BCUT2D eigenvalue weighted by atomic mass is 10.2. The minimum Gasteiger partial charge on any atom is -0.313 e. The summed E-state index contributed by atoms with van der Waals surface area (Å²) < 4.78 is 4.04. The summed E-state index contributed by atoms with van der Waals surface area (Å²) in [5.74, 6) is 0. The molecule has 2 rings (SSSR count). The van der Waals surface area contributed by atoms with Gasteiger partial charge in [-0.15, -0.1) is 0 Å². The van der Waals surface area contributed by atoms with Crippen LogP contribution in [-0.2, 0) is 19.5 Å². The van der Waals surface area contributed by atoms with Gasteiger partial charge in [-0.2, -0.15) is 10.2 Å². The molecule has 104 valence electrons. The number of nitrogens with one attached hydrogen (secondary N) is 1. The van der Waals surface area contributed by atoms with Gasteiger partial charge >= 0.3 is 0 Å². The Bertz CT molecular complexity index is 526. The normalized spacial score (nSPS) is 12.8. The van der Waals surface area contributed by atoms with Crippen molar-refractivity contribution in [2.75, 3.05) is 7.05 Å². The van der Waals surface area contributed by atoms with E-state index in [2.05, 4.69) is 53.2 Å². The zero-order valence-electron chi connectivity index (χ0n) is 12.2. The second-order valence-corrected chi connectivity index (χ2v) is 4.78. The quantitative estimate of drug-likeness (QED) is 0.865. The molecule has 5 heteroatoms. The molecule has 0 fully saturated rings. The number of hydrogen-bond acceptors (Lipinski definition) is 3. The molecule has 19 heavy (non-hydrogen) atoms. The van der Waals surface area contributed by atoms with E-state index in [0.717, 1.165) is 25.2 Å². The van der Waals surface area contributed by atoms with Crippen LogP contribution >= 0.6 is 0 Å². The standard InChI is InChI=1S/C14H23N5/c1-5-13-7-14(19(6-2)17-13)10-18-9-12(8-16-18)11(3)15-4/h7-9,11,15H,5-6,10H2,1-4H3. The first-order valence-electron chi connectivity index (χ1n) is 6.93. The second-order valence-electron chi connectivity index (χ2n) is 4.78. The lowest BCUT2D eigenvalue weighted by Crippen LogP contribution is -2.11. The predicted octanol–water partition coefficient (Wildman–Crippen LogP) is 1.99. The van der Waals surface area contributed by atoms with E-state index in [0.29, 0.717) is 6.04 Å². The van der Waals surface area contributed by atoms with E-state index in [1.807, 2.05) is 17.9 Å². The maximum atomic E-state index is 4.56. The molecule has 0 bridgehead atoms. The van der Waals surface area contributed by atoms with Gasteiger partial charge in [0.1, 0.15) is 0 Å². The first-order chi connectivity index (χ1) is 9.17. The molecule has 0 spiro atoms. The van der Waals surface area contributed by atoms with Crippen LogP contribution in [0.3, 0.4) is 0 Å². The summed E-state index contributed by atoms with van der Waals surface area (Å²) >= 11 is 0. The highest BCUT2D eigenvalue weighted by Gasteiger charge is 2.09. The van der Waals surface area contributed by atoms with Crippen LogP contribution in [0.5, 0.6) is 0 Å². The lowest BCUT2D eigenvalue weighted by Gasteiger charge is -2.06. The van der Waals surface area contributed by atoms with Crippen molar-refractivity contribution < 1.29 is 0 Å². The average molecular weight is 261 g/mol. The molecule has 0 aliphatic rings. The van der Waals surface area contributed by atoms with E-state index < -0.39 is 0 Å². The van der Waals surface area contributed by atoms with Crippen LogP contribution in [0.25, 0.3) is 0 Å². The SMILES string of the molecule is CCc1cc(Cn2cc(C(C)NC)cn2)n(CC)n1. The van der Waals surface area contributed by atoms with Crippen molar-refractivity contribution in [2.45, 2.75) is 46.3 Å². The van der Waals surface area contributed by atoms with Crippen LogP contribution in [0.2, 0.25) is 0 Å². The molecule has 0 saturated carbocycles. The Hall–Kier alpha value is -1.62. The second kappa shape index (κ2) is 6.02. The summed E-state index contributed by atoms with van der Waals surface area (Å²) in [5, 5.41) is 12.2. The summed E-state index contributed by atoms with van der Waals surface area (Å²) in [6.07, 6.45) is 5.00. The van der Waals surface area contributed by atoms with Crippen LogP contribution < -0.4 is 5.32 Å². The van der Waals surface area contributed by atoms with Gasteiger partial charge in [-0.25, -0.2) is 0 Å². The minimum atomic E-state index is 0.330. The third-order valence-corrected chi connectivity index (χ3v) is 3.49. The Kier molecular flexibility index (Phi) is 4.37. The average Bonchev–Trinajstić information content (AvgIpc) is 3.05. The third-order valence-electron chi connectivity index (χ3n) is 3.49. The summed E-state index contributed by atoms with van der Waals surface area (Å²) in [5.41, 5.74) is 3.57. The summed E-state index contributed by atoms with van der Waals surface area (Å²) in [4.78, 5) is 0. The molecular weight excluding hydrogens is 238 g/mol. The molecule has 2 heterocycles. The Balaban J connectivity index is 2.16. The summed E-state index contributed by atoms with van der Waals surface area (Å²) in [6, 6.07) is 2.50. The van der Waals surface area contributed by atoms with Crippen LogP contribution in [0.15, 0.2) is 18.5 Å². The monoisotopic (exact) mass is 261 g/mol. The molecule has 2 aromatic heterocycles. The van der Waals surface area contributed by atoms with Crippen molar-refractivity contribution in [2.24, 2.45) is 0 Å². The first-order valence-corrected chi connectivity index (χ1v) is 6.93. The Morgan fingerprint density at radius 2 is 2.16 bits per heavy atom. The topological polar surface area (TPSA) is 47.7 Å². The Morgan fingerprint density at radius 1 is 1.37 bits per heavy atom. The maximum absolute atomic E-state index is 4.56. The van der Waals surface area contributed by atoms with E-state index in [1.165, 1.54) is 11.3 Å². The fourth-order valence-electron chi connectivity index (χ4n) is 2.11. The molecule has 1 N–H and O–H groups in total. The smallest absolute Gasteiger partial charge is 0.0828 e. The van der Waals surface area contributed by atoms with Crippen LogP contribution in [0.1, 0.15) is 43.8 Å². The lowest BCUT2D eigenvalue weighted by molar-refractivity contribution is 0.572. The molecular formula is C14H23N5. The summed E-state index contributed by atoms with van der Waals surface area (Å²) in [6.45, 7) is 8.06. The van der Waals surface area contributed by atoms with E-state index >= 15 is 0 Å². The largest absolute Gasteiger partial charge is 0.313 e. The molecule has 1 unspecified atom stereocenters. The molecule has 2 aromatic rings. The molecule has 5 nitrogen and oxygen atoms in total. The van der Waals surface area contributed by atoms with E-state index in [-0.39, 0.29) is 0 Å². The van der Waals surface area contributed by atoms with Crippen LogP contribution in [-0.4, -0.2) is 26.6 Å². The van der Waals surface area contributed by atoms with Gasteiger partial charge in [0.15, 0.2) is 0 Å². The van der Waals surface area contributed by atoms with Crippen molar-refractivity contribution in [1.29, 1.82) is 0 Å². The van der Waals surface area contributed by atoms with E-state index in [4.69, 9.17) is 0 Å². The van der Waals surface area contributed by atoms with E-state index in [1.54, 1.807) is 0 Å². The molecule has 0 radical (unpaired) electrons. The zero-order valence-corrected chi connectivity index (χ0v) is 12.2. The van der Waals surface area contributed by atoms with Gasteiger partial charge in [0, 0.05) is 24.3 Å². The minimum absolute atomic E-state index is 0.330. The molecule has 1 atom stereocenters. The molecule has 0 aliphatic heterocycles. The highest BCUT2D eigenvalue weighted by Crippen LogP contribution is 2.12. The molecule has 0 saturated heterocycles. The van der Waals surface area contributed by atoms with Crippen molar-refractivity contribution in [3.63, 3.8) is 0 Å². The number of aryl methyl sites for hydroxylation is 2. The van der Waals surface area contributed by atoms with Crippen LogP contribution in [0, 0.1) is 0 Å². The van der Waals surface area contributed by atoms with Gasteiger partial charge in [-0.05, 0) is 33.4 Å². The molecule has 0 aromatic carbocycles. The fraction of sp³-hybridized carbons (Fsp3) is 0.571. The number of aromatic nitrogens is 4. The van der Waals surface area contributed by atoms with Crippen molar-refractivity contribution in [1.82, 2.24) is 24.9 Å². The summed E-state index contributed by atoms with van der Waals surface area (Å²) in [7, 11) is 1.96. The molecule has 0 amide bonds. The number of rotatable bonds is 6.